The van der Waals surface area contributed by atoms with Crippen molar-refractivity contribution in [2.45, 2.75) is 18.4 Å². The number of nitrogens with one attached hydrogen (secondary N) is 1. The van der Waals surface area contributed by atoms with Crippen LogP contribution in [0, 0.1) is 0 Å². The molecule has 0 heterocycles. The van der Waals surface area contributed by atoms with Crippen molar-refractivity contribution in [2.75, 3.05) is 0 Å². The molecule has 90 valence electrons. The van der Waals surface area contributed by atoms with E-state index in [0.717, 1.165) is 0 Å². The minimum Gasteiger partial charge on any atom is -0.507 e. The molecular formula is C11H11NO5. The van der Waals surface area contributed by atoms with Gasteiger partial charge in [-0.1, -0.05) is 6.07 Å². The first kappa shape index (κ1) is 11.3. The van der Waals surface area contributed by atoms with Crippen LogP contribution in [0.15, 0.2) is 18.2 Å². The molecule has 1 aliphatic rings. The third-order valence-corrected chi connectivity index (χ3v) is 2.76. The topological polar surface area (TPSA) is 107 Å². The number of phenolic OH excluding ortho intramolecular Hbond substituents is 2. The number of carboxylic acids is 1. The maximum absolute atomic E-state index is 11.8. The molecule has 1 saturated carbocycles. The molecule has 0 atom stereocenters. The summed E-state index contributed by atoms with van der Waals surface area (Å²) in [6.45, 7) is 0. The standard InChI is InChI=1S/C11H11NO5/c13-6-2-1-3-7(14)8(6)9(15)12-11(4-5-11)10(16)17/h1-3,13-14H,4-5H2,(H,12,15)(H,16,17). The van der Waals surface area contributed by atoms with Gasteiger partial charge >= 0.3 is 5.97 Å². The molecule has 6 nitrogen and oxygen atoms in total. The zero-order valence-corrected chi connectivity index (χ0v) is 8.80. The summed E-state index contributed by atoms with van der Waals surface area (Å²) in [6.07, 6.45) is 0.699. The first-order valence-electron chi connectivity index (χ1n) is 5.03. The fraction of sp³-hybridized carbons (Fsp3) is 0.273. The molecule has 2 rings (SSSR count). The van der Waals surface area contributed by atoms with Crippen LogP contribution < -0.4 is 5.32 Å². The number of hydrogen-bond donors (Lipinski definition) is 4. The van der Waals surface area contributed by atoms with Crippen LogP contribution in [0.5, 0.6) is 11.5 Å². The number of phenols is 2. The van der Waals surface area contributed by atoms with Gasteiger partial charge < -0.3 is 20.6 Å². The third-order valence-electron chi connectivity index (χ3n) is 2.76. The van der Waals surface area contributed by atoms with Crippen molar-refractivity contribution < 1.29 is 24.9 Å². The van der Waals surface area contributed by atoms with Crippen LogP contribution in [0.1, 0.15) is 23.2 Å². The van der Waals surface area contributed by atoms with Crippen LogP contribution in [0.4, 0.5) is 0 Å². The van der Waals surface area contributed by atoms with Gasteiger partial charge in [-0.2, -0.15) is 0 Å². The third kappa shape index (κ3) is 1.89. The predicted octanol–water partition coefficient (Wildman–Crippen LogP) is 0.445. The maximum Gasteiger partial charge on any atom is 0.329 e. The molecular weight excluding hydrogens is 226 g/mol. The Morgan fingerprint density at radius 2 is 1.71 bits per heavy atom. The van der Waals surface area contributed by atoms with E-state index < -0.39 is 17.4 Å². The quantitative estimate of drug-likeness (QED) is 0.610. The Labute approximate surface area is 96.5 Å². The summed E-state index contributed by atoms with van der Waals surface area (Å²) in [5.41, 5.74) is -1.55. The molecule has 0 bridgehead atoms. The number of carboxylic acid groups (broad SMARTS) is 1. The van der Waals surface area contributed by atoms with Crippen LogP contribution >= 0.6 is 0 Å². The molecule has 0 saturated heterocycles. The lowest BCUT2D eigenvalue weighted by Crippen LogP contribution is -2.43. The second kappa shape index (κ2) is 3.65. The van der Waals surface area contributed by atoms with Crippen molar-refractivity contribution in [3.8, 4) is 11.5 Å². The van der Waals surface area contributed by atoms with Crippen LogP contribution in [-0.4, -0.2) is 32.7 Å². The highest BCUT2D eigenvalue weighted by atomic mass is 16.4. The van der Waals surface area contributed by atoms with E-state index in [9.17, 15) is 19.8 Å². The Kier molecular flexibility index (Phi) is 2.42. The van der Waals surface area contributed by atoms with Gasteiger partial charge in [-0.3, -0.25) is 4.79 Å². The SMILES string of the molecule is O=C(NC1(C(=O)O)CC1)c1c(O)cccc1O. The highest BCUT2D eigenvalue weighted by molar-refractivity contribution is 6.02. The number of benzene rings is 1. The fourth-order valence-electron chi connectivity index (χ4n) is 1.56. The van der Waals surface area contributed by atoms with Gasteiger partial charge in [0.25, 0.3) is 5.91 Å². The first-order valence-corrected chi connectivity index (χ1v) is 5.03. The van der Waals surface area contributed by atoms with Crippen molar-refractivity contribution in [1.29, 1.82) is 0 Å². The molecule has 4 N–H and O–H groups in total. The van der Waals surface area contributed by atoms with Gasteiger partial charge in [-0.15, -0.1) is 0 Å². The fourth-order valence-corrected chi connectivity index (χ4v) is 1.56. The molecule has 0 aliphatic heterocycles. The molecule has 1 aliphatic carbocycles. The zero-order valence-electron chi connectivity index (χ0n) is 8.80. The van der Waals surface area contributed by atoms with Crippen molar-refractivity contribution in [2.24, 2.45) is 0 Å². The van der Waals surface area contributed by atoms with E-state index in [0.29, 0.717) is 12.8 Å². The van der Waals surface area contributed by atoms with Crippen LogP contribution in [0.2, 0.25) is 0 Å². The van der Waals surface area contributed by atoms with Crippen LogP contribution in [-0.2, 0) is 4.79 Å². The normalized spacial score (nSPS) is 16.2. The van der Waals surface area contributed by atoms with Gasteiger partial charge in [0, 0.05) is 0 Å². The van der Waals surface area contributed by atoms with Crippen molar-refractivity contribution in [3.05, 3.63) is 23.8 Å². The van der Waals surface area contributed by atoms with E-state index in [1.54, 1.807) is 0 Å². The van der Waals surface area contributed by atoms with Gasteiger partial charge in [0.05, 0.1) is 0 Å². The summed E-state index contributed by atoms with van der Waals surface area (Å²) in [6, 6.07) is 3.87. The van der Waals surface area contributed by atoms with Crippen LogP contribution in [0.3, 0.4) is 0 Å². The number of aliphatic carboxylic acids is 1. The second-order valence-electron chi connectivity index (χ2n) is 4.01. The molecule has 6 heteroatoms. The van der Waals surface area contributed by atoms with Crippen molar-refractivity contribution in [3.63, 3.8) is 0 Å². The maximum atomic E-state index is 11.8. The summed E-state index contributed by atoms with van der Waals surface area (Å²) in [5.74, 6) is -2.67. The number of rotatable bonds is 3. The molecule has 1 amide bonds. The Balaban J connectivity index is 2.24. The van der Waals surface area contributed by atoms with Gasteiger partial charge in [0.2, 0.25) is 0 Å². The largest absolute Gasteiger partial charge is 0.507 e. The molecule has 0 radical (unpaired) electrons. The number of carbonyl (C=O) groups excluding carboxylic acids is 1. The predicted molar refractivity (Wildman–Crippen MR) is 56.8 cm³/mol. The van der Waals surface area contributed by atoms with Gasteiger partial charge in [0.15, 0.2) is 0 Å². The Hall–Kier alpha value is -2.24. The Bertz CT molecular complexity index is 472. The first-order chi connectivity index (χ1) is 7.96. The van der Waals surface area contributed by atoms with E-state index in [2.05, 4.69) is 5.32 Å². The molecule has 17 heavy (non-hydrogen) atoms. The van der Waals surface area contributed by atoms with E-state index in [1.807, 2.05) is 0 Å². The van der Waals surface area contributed by atoms with E-state index in [4.69, 9.17) is 5.11 Å². The minimum absolute atomic E-state index is 0.306. The molecule has 1 fully saturated rings. The van der Waals surface area contributed by atoms with E-state index in [-0.39, 0.29) is 17.1 Å². The lowest BCUT2D eigenvalue weighted by molar-refractivity contribution is -0.140. The summed E-state index contributed by atoms with van der Waals surface area (Å²) >= 11 is 0. The van der Waals surface area contributed by atoms with Gasteiger partial charge in [-0.25, -0.2) is 4.79 Å². The summed E-state index contributed by atoms with van der Waals surface area (Å²) in [4.78, 5) is 22.6. The van der Waals surface area contributed by atoms with Crippen LogP contribution in [0.25, 0.3) is 0 Å². The Morgan fingerprint density at radius 3 is 2.12 bits per heavy atom. The van der Waals surface area contributed by atoms with E-state index in [1.165, 1.54) is 18.2 Å². The average molecular weight is 237 g/mol. The van der Waals surface area contributed by atoms with Gasteiger partial charge in [0.1, 0.15) is 22.6 Å². The van der Waals surface area contributed by atoms with Crippen molar-refractivity contribution >= 4 is 11.9 Å². The highest BCUT2D eigenvalue weighted by Crippen LogP contribution is 2.37. The van der Waals surface area contributed by atoms with E-state index >= 15 is 0 Å². The van der Waals surface area contributed by atoms with Crippen molar-refractivity contribution in [1.82, 2.24) is 5.32 Å². The number of aromatic hydroxyl groups is 2. The number of carbonyl (C=O) groups is 2. The Morgan fingerprint density at radius 1 is 1.18 bits per heavy atom. The molecule has 0 aromatic heterocycles. The smallest absolute Gasteiger partial charge is 0.329 e. The summed E-state index contributed by atoms with van der Waals surface area (Å²) in [5, 5.41) is 30.1. The second-order valence-corrected chi connectivity index (χ2v) is 4.01. The molecule has 0 spiro atoms. The molecule has 1 aromatic rings. The summed E-state index contributed by atoms with van der Waals surface area (Å²) < 4.78 is 0. The average Bonchev–Trinajstić information content (AvgIpc) is 2.98. The summed E-state index contributed by atoms with van der Waals surface area (Å²) in [7, 11) is 0. The minimum atomic E-state index is -1.24. The lowest BCUT2D eigenvalue weighted by Gasteiger charge is -2.13. The highest BCUT2D eigenvalue weighted by Gasteiger charge is 2.52. The lowest BCUT2D eigenvalue weighted by atomic mass is 10.1. The van der Waals surface area contributed by atoms with Gasteiger partial charge in [-0.05, 0) is 25.0 Å². The zero-order chi connectivity index (χ0) is 12.6. The number of amides is 1. The molecule has 1 aromatic carbocycles. The monoisotopic (exact) mass is 237 g/mol. The molecule has 0 unspecified atom stereocenters. The number of hydrogen-bond acceptors (Lipinski definition) is 4.